The molecule has 1 aromatic rings. The molecular formula is C15H25N3O3. The predicted octanol–water partition coefficient (Wildman–Crippen LogP) is 2.25. The van der Waals surface area contributed by atoms with Gasteiger partial charge in [0.15, 0.2) is 0 Å². The molecule has 0 radical (unpaired) electrons. The van der Waals surface area contributed by atoms with E-state index in [1.165, 1.54) is 0 Å². The largest absolute Gasteiger partial charge is 0.368 e. The lowest BCUT2D eigenvalue weighted by Gasteiger charge is -2.29. The lowest BCUT2D eigenvalue weighted by Crippen LogP contribution is -2.50. The second kappa shape index (κ2) is 5.42. The molecule has 0 unspecified atom stereocenters. The molecule has 1 aliphatic heterocycles. The van der Waals surface area contributed by atoms with E-state index in [4.69, 9.17) is 9.26 Å². The first-order valence-corrected chi connectivity index (χ1v) is 7.29. The fourth-order valence-electron chi connectivity index (χ4n) is 2.85. The van der Waals surface area contributed by atoms with Gasteiger partial charge in [-0.3, -0.25) is 10.1 Å². The maximum Gasteiger partial charge on any atom is 0.243 e. The van der Waals surface area contributed by atoms with Crippen LogP contribution in [0, 0.1) is 6.92 Å². The molecule has 0 spiro atoms. The lowest BCUT2D eigenvalue weighted by atomic mass is 9.94. The van der Waals surface area contributed by atoms with Crippen LogP contribution in [0.2, 0.25) is 0 Å². The number of carbonyl (C=O) groups is 1. The number of anilines is 1. The maximum atomic E-state index is 12.2. The molecule has 2 rings (SSSR count). The molecule has 6 nitrogen and oxygen atoms in total. The van der Waals surface area contributed by atoms with Gasteiger partial charge in [-0.1, -0.05) is 5.16 Å². The van der Waals surface area contributed by atoms with Gasteiger partial charge in [0, 0.05) is 12.1 Å². The maximum absolute atomic E-state index is 12.2. The first-order chi connectivity index (χ1) is 9.59. The van der Waals surface area contributed by atoms with Gasteiger partial charge in [0.1, 0.15) is 0 Å². The number of ether oxygens (including phenoxy) is 1. The van der Waals surface area contributed by atoms with Gasteiger partial charge in [-0.25, -0.2) is 0 Å². The predicted molar refractivity (Wildman–Crippen MR) is 80.1 cm³/mol. The zero-order valence-corrected chi connectivity index (χ0v) is 13.6. The Balaban J connectivity index is 1.94. The van der Waals surface area contributed by atoms with Gasteiger partial charge >= 0.3 is 0 Å². The average molecular weight is 295 g/mol. The van der Waals surface area contributed by atoms with E-state index >= 15 is 0 Å². The summed E-state index contributed by atoms with van der Waals surface area (Å²) in [7, 11) is 0. The van der Waals surface area contributed by atoms with E-state index in [0.717, 1.165) is 12.1 Å². The van der Waals surface area contributed by atoms with Crippen LogP contribution in [-0.2, 0) is 9.53 Å². The quantitative estimate of drug-likeness (QED) is 0.891. The van der Waals surface area contributed by atoms with Gasteiger partial charge in [0.05, 0.1) is 22.9 Å². The van der Waals surface area contributed by atoms with E-state index in [0.29, 0.717) is 5.88 Å². The Morgan fingerprint density at radius 1 is 1.43 bits per heavy atom. The Labute approximate surface area is 125 Å². The van der Waals surface area contributed by atoms with Crippen LogP contribution in [0.5, 0.6) is 0 Å². The topological polar surface area (TPSA) is 76.4 Å². The summed E-state index contributed by atoms with van der Waals surface area (Å²) in [6.45, 7) is 11.9. The van der Waals surface area contributed by atoms with E-state index in [1.807, 2.05) is 20.8 Å². The molecule has 2 N–H and O–H groups in total. The molecule has 0 saturated carbocycles. The molecule has 21 heavy (non-hydrogen) atoms. The summed E-state index contributed by atoms with van der Waals surface area (Å²) in [6, 6.07) is 1.46. The van der Waals surface area contributed by atoms with Crippen LogP contribution < -0.4 is 10.6 Å². The van der Waals surface area contributed by atoms with E-state index < -0.39 is 0 Å². The van der Waals surface area contributed by atoms with Crippen molar-refractivity contribution >= 4 is 11.8 Å². The third-order valence-corrected chi connectivity index (χ3v) is 3.79. The molecule has 0 aromatic carbocycles. The van der Waals surface area contributed by atoms with Crippen molar-refractivity contribution in [1.82, 2.24) is 10.5 Å². The molecule has 6 heteroatoms. The molecule has 1 aliphatic rings. The van der Waals surface area contributed by atoms with E-state index in [1.54, 1.807) is 13.0 Å². The van der Waals surface area contributed by atoms with Crippen LogP contribution in [0.3, 0.4) is 0 Å². The average Bonchev–Trinajstić information content (AvgIpc) is 2.79. The van der Waals surface area contributed by atoms with Gasteiger partial charge in [-0.05, 0) is 48.0 Å². The lowest BCUT2D eigenvalue weighted by molar-refractivity contribution is -0.118. The second-order valence-electron chi connectivity index (χ2n) is 6.93. The smallest absolute Gasteiger partial charge is 0.243 e. The number of amides is 1. The van der Waals surface area contributed by atoms with Crippen LogP contribution >= 0.6 is 0 Å². The van der Waals surface area contributed by atoms with Gasteiger partial charge in [0.2, 0.25) is 11.8 Å². The fourth-order valence-corrected chi connectivity index (χ4v) is 2.85. The molecule has 0 bridgehead atoms. The molecular weight excluding hydrogens is 270 g/mol. The summed E-state index contributed by atoms with van der Waals surface area (Å²) in [5, 5.41) is 9.81. The Hall–Kier alpha value is -1.40. The number of hydrogen-bond acceptors (Lipinski definition) is 5. The first-order valence-electron chi connectivity index (χ1n) is 7.29. The molecule has 1 aromatic heterocycles. The van der Waals surface area contributed by atoms with Crippen molar-refractivity contribution in [3.63, 3.8) is 0 Å². The van der Waals surface area contributed by atoms with Crippen LogP contribution in [0.15, 0.2) is 10.6 Å². The van der Waals surface area contributed by atoms with E-state index in [9.17, 15) is 4.79 Å². The minimum atomic E-state index is -0.350. The number of aryl methyl sites for hydroxylation is 1. The highest BCUT2D eigenvalue weighted by molar-refractivity contribution is 5.93. The van der Waals surface area contributed by atoms with Crippen molar-refractivity contribution < 1.29 is 14.1 Å². The van der Waals surface area contributed by atoms with Gasteiger partial charge < -0.3 is 14.6 Å². The van der Waals surface area contributed by atoms with E-state index in [-0.39, 0.29) is 29.2 Å². The van der Waals surface area contributed by atoms with E-state index in [2.05, 4.69) is 29.6 Å². The summed E-state index contributed by atoms with van der Waals surface area (Å²) in [5.74, 6) is 0.222. The summed E-state index contributed by atoms with van der Waals surface area (Å²) in [4.78, 5) is 12.2. The monoisotopic (exact) mass is 295 g/mol. The second-order valence-corrected chi connectivity index (χ2v) is 6.93. The normalized spacial score (nSPS) is 24.8. The van der Waals surface area contributed by atoms with Crippen molar-refractivity contribution in [3.05, 3.63) is 11.8 Å². The molecule has 1 saturated heterocycles. The van der Waals surface area contributed by atoms with Crippen molar-refractivity contribution in [2.24, 2.45) is 0 Å². The van der Waals surface area contributed by atoms with Crippen LogP contribution in [0.25, 0.3) is 0 Å². The van der Waals surface area contributed by atoms with Crippen molar-refractivity contribution in [2.75, 3.05) is 5.32 Å². The number of aromatic nitrogens is 1. The van der Waals surface area contributed by atoms with Gasteiger partial charge in [-0.15, -0.1) is 0 Å². The minimum Gasteiger partial charge on any atom is -0.368 e. The van der Waals surface area contributed by atoms with Crippen molar-refractivity contribution in [1.29, 1.82) is 0 Å². The third kappa shape index (κ3) is 3.83. The Bertz CT molecular complexity index is 522. The molecule has 2 heterocycles. The van der Waals surface area contributed by atoms with Gasteiger partial charge in [0.25, 0.3) is 0 Å². The fraction of sp³-hybridized carbons (Fsp3) is 0.733. The Morgan fingerprint density at radius 3 is 2.57 bits per heavy atom. The van der Waals surface area contributed by atoms with Gasteiger partial charge in [-0.2, -0.15) is 0 Å². The molecule has 2 atom stereocenters. The standard InChI is InChI=1S/C15H25N3O3/c1-9-7-12(20-18-9)17-13(19)10(2)16-11-8-14(3,4)21-15(11,5)6/h7,10-11,16H,8H2,1-6H3,(H,17,19)/t10-,11-/m1/s1. The summed E-state index contributed by atoms with van der Waals surface area (Å²) >= 11 is 0. The van der Waals surface area contributed by atoms with Crippen LogP contribution in [-0.4, -0.2) is 34.3 Å². The summed E-state index contributed by atoms with van der Waals surface area (Å²) < 4.78 is 11.0. The zero-order valence-electron chi connectivity index (χ0n) is 13.6. The highest BCUT2D eigenvalue weighted by Gasteiger charge is 2.46. The first kappa shape index (κ1) is 16.0. The molecule has 1 fully saturated rings. The Kier molecular flexibility index (Phi) is 4.13. The number of hydrogen-bond donors (Lipinski definition) is 2. The Morgan fingerprint density at radius 2 is 2.10 bits per heavy atom. The molecule has 0 aliphatic carbocycles. The number of nitrogens with zero attached hydrogens (tertiary/aromatic N) is 1. The number of nitrogens with one attached hydrogen (secondary N) is 2. The van der Waals surface area contributed by atoms with Crippen molar-refractivity contribution in [2.45, 2.75) is 71.2 Å². The highest BCUT2D eigenvalue weighted by atomic mass is 16.5. The highest BCUT2D eigenvalue weighted by Crippen LogP contribution is 2.37. The third-order valence-electron chi connectivity index (χ3n) is 3.79. The molecule has 1 amide bonds. The van der Waals surface area contributed by atoms with Crippen LogP contribution in [0.1, 0.15) is 46.7 Å². The molecule has 118 valence electrons. The number of carbonyl (C=O) groups excluding carboxylic acids is 1. The van der Waals surface area contributed by atoms with Crippen LogP contribution in [0.4, 0.5) is 5.88 Å². The summed E-state index contributed by atoms with van der Waals surface area (Å²) in [6.07, 6.45) is 0.860. The zero-order chi connectivity index (χ0) is 15.8. The van der Waals surface area contributed by atoms with Crippen molar-refractivity contribution in [3.8, 4) is 0 Å². The SMILES string of the molecule is Cc1cc(NC(=O)[C@@H](C)N[C@@H]2CC(C)(C)OC2(C)C)on1. The summed E-state index contributed by atoms with van der Waals surface area (Å²) in [5.41, 5.74) is 0.248. The minimum absolute atomic E-state index is 0.115. The number of rotatable bonds is 4.